The molecule has 0 aliphatic heterocycles. The maximum atomic E-state index is 9.91. The van der Waals surface area contributed by atoms with E-state index in [0.717, 1.165) is 18.4 Å². The van der Waals surface area contributed by atoms with Crippen LogP contribution in [0.15, 0.2) is 30.3 Å². The molecular weight excluding hydrogens is 188 g/mol. The standard InChI is InChI=1S/C12H20N2O/c1-2-8-12(14,11(15)9-13)10-6-4-3-5-7-10/h3-7,11,15H,2,8-9,13-14H2,1H3. The first-order valence-corrected chi connectivity index (χ1v) is 5.37. The molecule has 0 saturated heterocycles. The lowest BCUT2D eigenvalue weighted by Gasteiger charge is -2.34. The van der Waals surface area contributed by atoms with Gasteiger partial charge in [0.2, 0.25) is 0 Å². The SMILES string of the molecule is CCCC(N)(c1ccccc1)C(O)CN. The fourth-order valence-corrected chi connectivity index (χ4v) is 1.88. The molecular formula is C12H20N2O. The van der Waals surface area contributed by atoms with Crippen molar-refractivity contribution in [1.82, 2.24) is 0 Å². The van der Waals surface area contributed by atoms with Gasteiger partial charge in [-0.25, -0.2) is 0 Å². The van der Waals surface area contributed by atoms with Gasteiger partial charge in [-0.2, -0.15) is 0 Å². The van der Waals surface area contributed by atoms with Gasteiger partial charge in [0.05, 0.1) is 11.6 Å². The molecule has 1 rings (SSSR count). The first-order valence-electron chi connectivity index (χ1n) is 5.37. The minimum Gasteiger partial charge on any atom is -0.390 e. The number of aliphatic hydroxyl groups excluding tert-OH is 1. The quantitative estimate of drug-likeness (QED) is 0.675. The van der Waals surface area contributed by atoms with E-state index >= 15 is 0 Å². The van der Waals surface area contributed by atoms with E-state index in [9.17, 15) is 5.11 Å². The molecule has 0 saturated carbocycles. The van der Waals surface area contributed by atoms with Crippen LogP contribution in [0.3, 0.4) is 0 Å². The molecule has 5 N–H and O–H groups in total. The van der Waals surface area contributed by atoms with E-state index in [0.29, 0.717) is 0 Å². The van der Waals surface area contributed by atoms with Gasteiger partial charge in [0.15, 0.2) is 0 Å². The molecule has 0 aliphatic carbocycles. The second kappa shape index (κ2) is 5.26. The van der Waals surface area contributed by atoms with Crippen molar-refractivity contribution in [3.8, 4) is 0 Å². The third-order valence-corrected chi connectivity index (χ3v) is 2.79. The Labute approximate surface area is 91.1 Å². The Morgan fingerprint density at radius 1 is 1.33 bits per heavy atom. The predicted molar refractivity (Wildman–Crippen MR) is 62.3 cm³/mol. The first-order chi connectivity index (χ1) is 7.15. The molecule has 0 amide bonds. The average molecular weight is 208 g/mol. The molecule has 1 aromatic rings. The van der Waals surface area contributed by atoms with Crippen LogP contribution in [0.2, 0.25) is 0 Å². The minimum atomic E-state index is -0.717. The zero-order valence-corrected chi connectivity index (χ0v) is 9.19. The van der Waals surface area contributed by atoms with Crippen molar-refractivity contribution in [3.05, 3.63) is 35.9 Å². The van der Waals surface area contributed by atoms with Crippen molar-refractivity contribution in [1.29, 1.82) is 0 Å². The number of nitrogens with two attached hydrogens (primary N) is 2. The van der Waals surface area contributed by atoms with Gasteiger partial charge >= 0.3 is 0 Å². The maximum absolute atomic E-state index is 9.91. The molecule has 0 spiro atoms. The summed E-state index contributed by atoms with van der Waals surface area (Å²) < 4.78 is 0. The number of rotatable bonds is 5. The summed E-state index contributed by atoms with van der Waals surface area (Å²) in [6.45, 7) is 2.24. The van der Waals surface area contributed by atoms with Crippen molar-refractivity contribution in [2.45, 2.75) is 31.4 Å². The van der Waals surface area contributed by atoms with Crippen molar-refractivity contribution in [3.63, 3.8) is 0 Å². The molecule has 84 valence electrons. The molecule has 0 bridgehead atoms. The van der Waals surface area contributed by atoms with Crippen molar-refractivity contribution >= 4 is 0 Å². The van der Waals surface area contributed by atoms with Gasteiger partial charge in [-0.05, 0) is 12.0 Å². The summed E-state index contributed by atoms with van der Waals surface area (Å²) in [5.74, 6) is 0. The van der Waals surface area contributed by atoms with E-state index in [1.807, 2.05) is 37.3 Å². The van der Waals surface area contributed by atoms with Crippen molar-refractivity contribution < 1.29 is 5.11 Å². The molecule has 3 heteroatoms. The van der Waals surface area contributed by atoms with Gasteiger partial charge in [-0.3, -0.25) is 0 Å². The van der Waals surface area contributed by atoms with E-state index in [1.165, 1.54) is 0 Å². The van der Waals surface area contributed by atoms with Gasteiger partial charge in [0.25, 0.3) is 0 Å². The number of benzene rings is 1. The highest BCUT2D eigenvalue weighted by Gasteiger charge is 2.33. The molecule has 2 atom stereocenters. The molecule has 0 radical (unpaired) electrons. The largest absolute Gasteiger partial charge is 0.390 e. The Morgan fingerprint density at radius 2 is 1.93 bits per heavy atom. The summed E-state index contributed by atoms with van der Waals surface area (Å²) in [4.78, 5) is 0. The molecule has 0 aromatic heterocycles. The van der Waals surface area contributed by atoms with Crippen molar-refractivity contribution in [2.24, 2.45) is 11.5 Å². The van der Waals surface area contributed by atoms with Crippen LogP contribution in [-0.2, 0) is 5.54 Å². The summed E-state index contributed by atoms with van der Waals surface area (Å²) >= 11 is 0. The molecule has 2 unspecified atom stereocenters. The third-order valence-electron chi connectivity index (χ3n) is 2.79. The normalized spacial score (nSPS) is 17.1. The second-order valence-corrected chi connectivity index (χ2v) is 3.91. The Morgan fingerprint density at radius 3 is 2.40 bits per heavy atom. The molecule has 0 heterocycles. The van der Waals surface area contributed by atoms with E-state index in [-0.39, 0.29) is 6.54 Å². The number of aliphatic hydroxyl groups is 1. The maximum Gasteiger partial charge on any atom is 0.0883 e. The fourth-order valence-electron chi connectivity index (χ4n) is 1.88. The Kier molecular flexibility index (Phi) is 4.27. The predicted octanol–water partition coefficient (Wildman–Crippen LogP) is 0.960. The molecule has 1 aromatic carbocycles. The van der Waals surface area contributed by atoms with Crippen molar-refractivity contribution in [2.75, 3.05) is 6.54 Å². The molecule has 0 aliphatic rings. The van der Waals surface area contributed by atoms with Crippen LogP contribution in [0.4, 0.5) is 0 Å². The summed E-state index contributed by atoms with van der Waals surface area (Å²) in [5, 5.41) is 9.91. The van der Waals surface area contributed by atoms with Gasteiger partial charge < -0.3 is 16.6 Å². The van der Waals surface area contributed by atoms with E-state index in [4.69, 9.17) is 11.5 Å². The highest BCUT2D eigenvalue weighted by atomic mass is 16.3. The van der Waals surface area contributed by atoms with E-state index in [2.05, 4.69) is 0 Å². The Hall–Kier alpha value is -0.900. The lowest BCUT2D eigenvalue weighted by molar-refractivity contribution is 0.0833. The molecule has 15 heavy (non-hydrogen) atoms. The lowest BCUT2D eigenvalue weighted by atomic mass is 9.81. The zero-order valence-electron chi connectivity index (χ0n) is 9.19. The van der Waals surface area contributed by atoms with Crippen LogP contribution < -0.4 is 11.5 Å². The average Bonchev–Trinajstić information content (AvgIpc) is 2.29. The van der Waals surface area contributed by atoms with Crippen LogP contribution >= 0.6 is 0 Å². The smallest absolute Gasteiger partial charge is 0.0883 e. The highest BCUT2D eigenvalue weighted by Crippen LogP contribution is 2.27. The third kappa shape index (κ3) is 2.56. The zero-order chi connectivity index (χ0) is 11.3. The minimum absolute atomic E-state index is 0.186. The second-order valence-electron chi connectivity index (χ2n) is 3.91. The van der Waals surface area contributed by atoms with Crippen LogP contribution in [0.25, 0.3) is 0 Å². The highest BCUT2D eigenvalue weighted by molar-refractivity contribution is 5.25. The van der Waals surface area contributed by atoms with Gasteiger partial charge in [0, 0.05) is 6.54 Å². The number of hydrogen-bond acceptors (Lipinski definition) is 3. The molecule has 3 nitrogen and oxygen atoms in total. The fraction of sp³-hybridized carbons (Fsp3) is 0.500. The first kappa shape index (κ1) is 12.2. The summed E-state index contributed by atoms with van der Waals surface area (Å²) in [7, 11) is 0. The van der Waals surface area contributed by atoms with E-state index in [1.54, 1.807) is 0 Å². The Balaban J connectivity index is 3.01. The van der Waals surface area contributed by atoms with Gasteiger partial charge in [-0.1, -0.05) is 43.7 Å². The van der Waals surface area contributed by atoms with Crippen LogP contribution in [-0.4, -0.2) is 17.8 Å². The van der Waals surface area contributed by atoms with Crippen LogP contribution in [0.1, 0.15) is 25.3 Å². The topological polar surface area (TPSA) is 72.3 Å². The van der Waals surface area contributed by atoms with E-state index < -0.39 is 11.6 Å². The summed E-state index contributed by atoms with van der Waals surface area (Å²) in [6, 6.07) is 9.67. The summed E-state index contributed by atoms with van der Waals surface area (Å²) in [5.41, 5.74) is 12.0. The van der Waals surface area contributed by atoms with Gasteiger partial charge in [-0.15, -0.1) is 0 Å². The van der Waals surface area contributed by atoms with Crippen LogP contribution in [0.5, 0.6) is 0 Å². The number of hydrogen-bond donors (Lipinski definition) is 3. The monoisotopic (exact) mass is 208 g/mol. The van der Waals surface area contributed by atoms with Crippen LogP contribution in [0, 0.1) is 0 Å². The Bertz CT molecular complexity index is 289. The van der Waals surface area contributed by atoms with Gasteiger partial charge in [0.1, 0.15) is 0 Å². The molecule has 0 fully saturated rings. The summed E-state index contributed by atoms with van der Waals surface area (Å²) in [6.07, 6.45) is 0.956. The lowest BCUT2D eigenvalue weighted by Crippen LogP contribution is -2.51.